The highest BCUT2D eigenvalue weighted by Crippen LogP contribution is 2.46. The first kappa shape index (κ1) is 24.7. The molecule has 1 aromatic carbocycles. The molecular formula is C27H28F2N4O5. The number of hydrogen-bond donors (Lipinski definition) is 1. The largest absolute Gasteiger partial charge is 0.477 e. The van der Waals surface area contributed by atoms with Gasteiger partial charge >= 0.3 is 12.6 Å². The standard InChI is InChI=1S/C27H28F2N4O5/c1-14-10-21(25(34)35)31-27(30-14)33-16-8-9-17(33)12-18(11-16)36-13-20-23(32-38-24(20)15-6-7-15)19-4-2-3-5-22(19)37-26(28)29/h2-5,10,15-18,26H,6-9,11-13H2,1H3,(H,34,35)/t16-,17+,18?. The molecule has 6 rings (SSSR count). The van der Waals surface area contributed by atoms with Crippen LogP contribution in [-0.4, -0.2) is 51.0 Å². The Morgan fingerprint density at radius 2 is 1.89 bits per heavy atom. The molecule has 0 amide bonds. The Bertz CT molecular complexity index is 1330. The average molecular weight is 527 g/mol. The minimum atomic E-state index is -2.95. The topological polar surface area (TPSA) is 111 Å². The quantitative estimate of drug-likeness (QED) is 0.395. The molecule has 3 aromatic rings. The number of aromatic nitrogens is 3. The van der Waals surface area contributed by atoms with Crippen molar-refractivity contribution in [2.75, 3.05) is 4.90 Å². The molecule has 3 atom stereocenters. The highest BCUT2D eigenvalue weighted by molar-refractivity contribution is 5.85. The minimum Gasteiger partial charge on any atom is -0.477 e. The summed E-state index contributed by atoms with van der Waals surface area (Å²) in [5, 5.41) is 13.7. The van der Waals surface area contributed by atoms with Gasteiger partial charge in [-0.3, -0.25) is 0 Å². The summed E-state index contributed by atoms with van der Waals surface area (Å²) in [4.78, 5) is 22.5. The monoisotopic (exact) mass is 526 g/mol. The lowest BCUT2D eigenvalue weighted by atomic mass is 9.99. The van der Waals surface area contributed by atoms with E-state index >= 15 is 0 Å². The number of piperidine rings is 1. The first-order valence-electron chi connectivity index (χ1n) is 12.9. The van der Waals surface area contributed by atoms with Crippen LogP contribution in [0.25, 0.3) is 11.3 Å². The van der Waals surface area contributed by atoms with E-state index in [1.807, 2.05) is 0 Å². The molecule has 3 aliphatic rings. The molecule has 2 aliphatic heterocycles. The summed E-state index contributed by atoms with van der Waals surface area (Å²) >= 11 is 0. The van der Waals surface area contributed by atoms with Crippen LogP contribution in [0.5, 0.6) is 5.75 Å². The minimum absolute atomic E-state index is 0.00558. The molecule has 2 bridgehead atoms. The van der Waals surface area contributed by atoms with Crippen LogP contribution in [0.4, 0.5) is 14.7 Å². The van der Waals surface area contributed by atoms with E-state index in [1.165, 1.54) is 12.1 Å². The van der Waals surface area contributed by atoms with Gasteiger partial charge in [-0.05, 0) is 63.6 Å². The smallest absolute Gasteiger partial charge is 0.387 e. The molecule has 200 valence electrons. The number of halogens is 2. The van der Waals surface area contributed by atoms with Gasteiger partial charge in [0.05, 0.1) is 12.7 Å². The first-order chi connectivity index (χ1) is 18.4. The van der Waals surface area contributed by atoms with Gasteiger partial charge in [-0.15, -0.1) is 0 Å². The lowest BCUT2D eigenvalue weighted by Crippen LogP contribution is -2.46. The summed E-state index contributed by atoms with van der Waals surface area (Å²) in [5.74, 6) is 0.448. The lowest BCUT2D eigenvalue weighted by molar-refractivity contribution is -0.0494. The van der Waals surface area contributed by atoms with Gasteiger partial charge < -0.3 is 24.0 Å². The van der Waals surface area contributed by atoms with Gasteiger partial charge in [0.25, 0.3) is 0 Å². The Kier molecular flexibility index (Phi) is 6.46. The third-order valence-electron chi connectivity index (χ3n) is 7.57. The molecule has 2 aromatic heterocycles. The molecule has 38 heavy (non-hydrogen) atoms. The number of alkyl halides is 2. The molecular weight excluding hydrogens is 498 g/mol. The number of aromatic carboxylic acids is 1. The van der Waals surface area contributed by atoms with Crippen molar-refractivity contribution in [3.8, 4) is 17.0 Å². The summed E-state index contributed by atoms with van der Waals surface area (Å²) in [6, 6.07) is 8.35. The number of nitrogens with zero attached hydrogens (tertiary/aromatic N) is 4. The second kappa shape index (κ2) is 9.94. The molecule has 2 saturated heterocycles. The molecule has 11 heteroatoms. The third-order valence-corrected chi connectivity index (χ3v) is 7.57. The Labute approximate surface area is 217 Å². The predicted molar refractivity (Wildman–Crippen MR) is 131 cm³/mol. The summed E-state index contributed by atoms with van der Waals surface area (Å²) in [6.45, 7) is -0.925. The summed E-state index contributed by atoms with van der Waals surface area (Å²) < 4.78 is 42.9. The highest BCUT2D eigenvalue weighted by atomic mass is 19.3. The van der Waals surface area contributed by atoms with Crippen molar-refractivity contribution in [3.05, 3.63) is 53.0 Å². The van der Waals surface area contributed by atoms with Crippen molar-refractivity contribution in [2.45, 2.75) is 82.8 Å². The fraction of sp³-hybridized carbons (Fsp3) is 0.481. The summed E-state index contributed by atoms with van der Waals surface area (Å²) in [5.41, 5.74) is 2.31. The van der Waals surface area contributed by atoms with Gasteiger partial charge in [-0.2, -0.15) is 8.78 Å². The molecule has 1 unspecified atom stereocenters. The van der Waals surface area contributed by atoms with Crippen LogP contribution >= 0.6 is 0 Å². The number of fused-ring (bicyclic) bond motifs is 2. The number of benzene rings is 1. The zero-order valence-corrected chi connectivity index (χ0v) is 20.8. The van der Waals surface area contributed by atoms with Crippen molar-refractivity contribution in [3.63, 3.8) is 0 Å². The molecule has 1 N–H and O–H groups in total. The van der Waals surface area contributed by atoms with Gasteiger partial charge in [0.2, 0.25) is 5.95 Å². The van der Waals surface area contributed by atoms with E-state index < -0.39 is 12.6 Å². The second-order valence-corrected chi connectivity index (χ2v) is 10.2. The van der Waals surface area contributed by atoms with E-state index in [2.05, 4.69) is 20.0 Å². The number of hydrogen-bond acceptors (Lipinski definition) is 8. The fourth-order valence-corrected chi connectivity index (χ4v) is 5.77. The number of carboxylic acids is 1. The lowest BCUT2D eigenvalue weighted by Gasteiger charge is -2.39. The van der Waals surface area contributed by atoms with E-state index in [-0.39, 0.29) is 42.2 Å². The van der Waals surface area contributed by atoms with E-state index in [0.717, 1.165) is 49.8 Å². The Morgan fingerprint density at radius 3 is 2.58 bits per heavy atom. The van der Waals surface area contributed by atoms with Crippen LogP contribution in [0.15, 0.2) is 34.9 Å². The SMILES string of the molecule is Cc1cc(C(=O)O)nc(N2[C@@H]3CC[C@H]2CC(OCc2c(-c4ccccc4OC(F)F)noc2C2CC2)C3)n1. The van der Waals surface area contributed by atoms with Gasteiger partial charge in [0.1, 0.15) is 17.2 Å². The van der Waals surface area contributed by atoms with Crippen molar-refractivity contribution in [1.29, 1.82) is 0 Å². The van der Waals surface area contributed by atoms with E-state index in [9.17, 15) is 18.7 Å². The second-order valence-electron chi connectivity index (χ2n) is 10.2. The number of para-hydroxylation sites is 1. The molecule has 9 nitrogen and oxygen atoms in total. The maximum atomic E-state index is 13.0. The number of anilines is 1. The number of carbonyl (C=O) groups is 1. The summed E-state index contributed by atoms with van der Waals surface area (Å²) in [6.07, 6.45) is 5.36. The van der Waals surface area contributed by atoms with Crippen LogP contribution in [0.2, 0.25) is 0 Å². The van der Waals surface area contributed by atoms with Gasteiger partial charge in [0.15, 0.2) is 5.69 Å². The van der Waals surface area contributed by atoms with Gasteiger partial charge in [0, 0.05) is 34.8 Å². The number of ether oxygens (including phenoxy) is 2. The van der Waals surface area contributed by atoms with Crippen LogP contribution in [0.3, 0.4) is 0 Å². The van der Waals surface area contributed by atoms with E-state index in [0.29, 0.717) is 22.9 Å². The molecule has 0 radical (unpaired) electrons. The third kappa shape index (κ3) is 4.82. The molecule has 1 aliphatic carbocycles. The normalized spacial score (nSPS) is 22.7. The zero-order chi connectivity index (χ0) is 26.4. The zero-order valence-electron chi connectivity index (χ0n) is 20.8. The van der Waals surface area contributed by atoms with Gasteiger partial charge in [-0.25, -0.2) is 14.8 Å². The van der Waals surface area contributed by atoms with Crippen LogP contribution in [-0.2, 0) is 11.3 Å². The van der Waals surface area contributed by atoms with Crippen molar-refractivity contribution >= 4 is 11.9 Å². The maximum absolute atomic E-state index is 13.0. The maximum Gasteiger partial charge on any atom is 0.387 e. The molecule has 1 saturated carbocycles. The van der Waals surface area contributed by atoms with E-state index in [1.54, 1.807) is 25.1 Å². The van der Waals surface area contributed by atoms with Gasteiger partial charge in [-0.1, -0.05) is 17.3 Å². The van der Waals surface area contributed by atoms with Crippen molar-refractivity contribution in [2.24, 2.45) is 0 Å². The molecule has 0 spiro atoms. The predicted octanol–water partition coefficient (Wildman–Crippen LogP) is 5.33. The van der Waals surface area contributed by atoms with Crippen LogP contribution < -0.4 is 9.64 Å². The number of rotatable bonds is 9. The average Bonchev–Trinajstić information content (AvgIpc) is 3.58. The van der Waals surface area contributed by atoms with Crippen molar-refractivity contribution < 1.29 is 32.7 Å². The van der Waals surface area contributed by atoms with Crippen molar-refractivity contribution in [1.82, 2.24) is 15.1 Å². The number of carboxylic acid groups (broad SMARTS) is 1. The highest BCUT2D eigenvalue weighted by Gasteiger charge is 2.43. The van der Waals surface area contributed by atoms with E-state index in [4.69, 9.17) is 14.0 Å². The Balaban J connectivity index is 1.21. The first-order valence-corrected chi connectivity index (χ1v) is 12.9. The van der Waals surface area contributed by atoms with Crippen LogP contribution in [0, 0.1) is 6.92 Å². The Hall–Kier alpha value is -3.60. The molecule has 3 fully saturated rings. The Morgan fingerprint density at radius 1 is 1.16 bits per heavy atom. The van der Waals surface area contributed by atoms with Crippen LogP contribution in [0.1, 0.15) is 71.9 Å². The fourth-order valence-electron chi connectivity index (χ4n) is 5.77. The number of aryl methyl sites for hydroxylation is 1. The summed E-state index contributed by atoms with van der Waals surface area (Å²) in [7, 11) is 0. The molecule has 4 heterocycles.